The van der Waals surface area contributed by atoms with Gasteiger partial charge in [0.25, 0.3) is 0 Å². The van der Waals surface area contributed by atoms with Gasteiger partial charge in [-0.2, -0.15) is 4.98 Å². The minimum Gasteiger partial charge on any atom is -0.417 e. The third-order valence-corrected chi connectivity index (χ3v) is 2.26. The van der Waals surface area contributed by atoms with E-state index >= 15 is 0 Å². The van der Waals surface area contributed by atoms with E-state index in [0.717, 1.165) is 18.7 Å². The predicted molar refractivity (Wildman–Crippen MR) is 65.0 cm³/mol. The van der Waals surface area contributed by atoms with Crippen LogP contribution in [0.15, 0.2) is 34.9 Å². The van der Waals surface area contributed by atoms with Gasteiger partial charge in [0.1, 0.15) is 17.8 Å². The van der Waals surface area contributed by atoms with E-state index in [-0.39, 0.29) is 11.9 Å². The number of hydrogen-bond acceptors (Lipinski definition) is 4. The second kappa shape index (κ2) is 6.16. The van der Waals surface area contributed by atoms with E-state index in [1.165, 1.54) is 18.4 Å². The fraction of sp³-hybridized carbons (Fsp3) is 0.308. The van der Waals surface area contributed by atoms with E-state index < -0.39 is 0 Å². The molecule has 4 nitrogen and oxygen atoms in total. The number of ether oxygens (including phenoxy) is 1. The van der Waals surface area contributed by atoms with Crippen molar-refractivity contribution in [2.45, 2.75) is 19.9 Å². The van der Waals surface area contributed by atoms with Crippen LogP contribution in [-0.4, -0.2) is 11.5 Å². The van der Waals surface area contributed by atoms with E-state index in [9.17, 15) is 4.39 Å². The van der Waals surface area contributed by atoms with E-state index in [1.807, 2.05) is 0 Å². The van der Waals surface area contributed by atoms with Gasteiger partial charge in [-0.25, -0.2) is 4.39 Å². The zero-order valence-corrected chi connectivity index (χ0v) is 10.1. The quantitative estimate of drug-likeness (QED) is 0.800. The Morgan fingerprint density at radius 1 is 1.44 bits per heavy atom. The van der Waals surface area contributed by atoms with E-state index in [4.69, 9.17) is 9.15 Å². The third kappa shape index (κ3) is 3.56. The molecule has 0 aliphatic rings. The first-order valence-corrected chi connectivity index (χ1v) is 5.86. The molecular weight excluding hydrogens is 235 g/mol. The zero-order chi connectivity index (χ0) is 12.8. The van der Waals surface area contributed by atoms with Crippen molar-refractivity contribution in [1.82, 2.24) is 10.3 Å². The highest BCUT2D eigenvalue weighted by Gasteiger charge is 2.06. The number of nitrogens with zero attached hydrogens (tertiary/aromatic N) is 1. The van der Waals surface area contributed by atoms with Gasteiger partial charge in [-0.15, -0.1) is 0 Å². The fourth-order valence-electron chi connectivity index (χ4n) is 1.44. The van der Waals surface area contributed by atoms with Gasteiger partial charge < -0.3 is 14.5 Å². The molecule has 0 atom stereocenters. The van der Waals surface area contributed by atoms with E-state index in [2.05, 4.69) is 17.2 Å². The lowest BCUT2D eigenvalue weighted by Gasteiger charge is -1.99. The van der Waals surface area contributed by atoms with Crippen LogP contribution in [0.25, 0.3) is 0 Å². The smallest absolute Gasteiger partial charge is 0.399 e. The van der Waals surface area contributed by atoms with Crippen LogP contribution in [0, 0.1) is 5.82 Å². The minimum absolute atomic E-state index is 0.119. The van der Waals surface area contributed by atoms with Crippen molar-refractivity contribution in [2.75, 3.05) is 6.54 Å². The normalized spacial score (nSPS) is 10.6. The zero-order valence-electron chi connectivity index (χ0n) is 10.1. The third-order valence-electron chi connectivity index (χ3n) is 2.26. The lowest BCUT2D eigenvalue weighted by Crippen LogP contribution is -2.13. The summed E-state index contributed by atoms with van der Waals surface area (Å²) in [5.74, 6) is 0.00816. The number of aromatic nitrogens is 1. The van der Waals surface area contributed by atoms with Crippen LogP contribution in [0.3, 0.4) is 0 Å². The van der Waals surface area contributed by atoms with Crippen LogP contribution >= 0.6 is 0 Å². The fourth-order valence-corrected chi connectivity index (χ4v) is 1.44. The summed E-state index contributed by atoms with van der Waals surface area (Å²) >= 11 is 0. The summed E-state index contributed by atoms with van der Waals surface area (Å²) in [7, 11) is 0. The molecule has 0 aliphatic carbocycles. The standard InChI is InChI=1S/C13H15FN2O2/c1-2-6-15-8-11-9-17-13(16-11)18-12-5-3-4-10(14)7-12/h3-5,7,9,15H,2,6,8H2,1H3. The largest absolute Gasteiger partial charge is 0.417 e. The van der Waals surface area contributed by atoms with E-state index in [0.29, 0.717) is 12.3 Å². The first-order chi connectivity index (χ1) is 8.78. The molecule has 0 amide bonds. The summed E-state index contributed by atoms with van der Waals surface area (Å²) in [6.45, 7) is 3.64. The van der Waals surface area contributed by atoms with Gasteiger partial charge >= 0.3 is 6.08 Å². The number of rotatable bonds is 6. The molecule has 1 N–H and O–H groups in total. The molecule has 18 heavy (non-hydrogen) atoms. The van der Waals surface area contributed by atoms with Gasteiger partial charge in [-0.05, 0) is 25.1 Å². The van der Waals surface area contributed by atoms with Crippen molar-refractivity contribution in [2.24, 2.45) is 0 Å². The maximum absolute atomic E-state index is 12.9. The number of halogens is 1. The lowest BCUT2D eigenvalue weighted by molar-refractivity contribution is 0.329. The molecule has 2 rings (SSSR count). The number of benzene rings is 1. The Balaban J connectivity index is 1.94. The summed E-state index contributed by atoms with van der Waals surface area (Å²) in [5, 5.41) is 3.20. The molecule has 0 saturated carbocycles. The molecule has 2 aromatic rings. The molecule has 1 aromatic carbocycles. The molecule has 1 aromatic heterocycles. The Hall–Kier alpha value is -1.88. The van der Waals surface area contributed by atoms with Crippen molar-refractivity contribution in [1.29, 1.82) is 0 Å². The maximum Gasteiger partial charge on any atom is 0.399 e. The van der Waals surface area contributed by atoms with Gasteiger partial charge in [0.05, 0.1) is 5.69 Å². The number of nitrogens with one attached hydrogen (secondary N) is 1. The molecule has 5 heteroatoms. The average Bonchev–Trinajstić information content (AvgIpc) is 2.77. The molecule has 0 spiro atoms. The summed E-state index contributed by atoms with van der Waals surface area (Å²) in [4.78, 5) is 4.13. The van der Waals surface area contributed by atoms with Crippen LogP contribution in [0.2, 0.25) is 0 Å². The molecule has 96 valence electrons. The molecule has 0 bridgehead atoms. The van der Waals surface area contributed by atoms with Crippen LogP contribution in [0.1, 0.15) is 19.0 Å². The lowest BCUT2D eigenvalue weighted by atomic mass is 10.3. The van der Waals surface area contributed by atoms with E-state index in [1.54, 1.807) is 12.1 Å². The monoisotopic (exact) mass is 250 g/mol. The summed E-state index contributed by atoms with van der Waals surface area (Å²) < 4.78 is 23.4. The molecule has 0 unspecified atom stereocenters. The predicted octanol–water partition coefficient (Wildman–Crippen LogP) is 3.11. The highest BCUT2D eigenvalue weighted by Crippen LogP contribution is 2.21. The van der Waals surface area contributed by atoms with Crippen LogP contribution in [0.5, 0.6) is 11.8 Å². The van der Waals surface area contributed by atoms with Gasteiger partial charge in [0.2, 0.25) is 0 Å². The van der Waals surface area contributed by atoms with Gasteiger partial charge in [0, 0.05) is 12.6 Å². The molecular formula is C13H15FN2O2. The summed E-state index contributed by atoms with van der Waals surface area (Å²) in [5.41, 5.74) is 0.759. The maximum atomic E-state index is 12.9. The summed E-state index contributed by atoms with van der Waals surface area (Å²) in [6.07, 6.45) is 2.70. The molecule has 0 radical (unpaired) electrons. The van der Waals surface area contributed by atoms with Gasteiger partial charge in [0.15, 0.2) is 0 Å². The second-order valence-electron chi connectivity index (χ2n) is 3.84. The number of hydrogen-bond donors (Lipinski definition) is 1. The highest BCUT2D eigenvalue weighted by molar-refractivity contribution is 5.24. The van der Waals surface area contributed by atoms with Gasteiger partial charge in [-0.3, -0.25) is 0 Å². The van der Waals surface area contributed by atoms with Crippen molar-refractivity contribution in [3.05, 3.63) is 42.0 Å². The van der Waals surface area contributed by atoms with Crippen molar-refractivity contribution < 1.29 is 13.5 Å². The topological polar surface area (TPSA) is 47.3 Å². The Morgan fingerprint density at radius 3 is 3.11 bits per heavy atom. The first-order valence-electron chi connectivity index (χ1n) is 5.86. The molecule has 0 saturated heterocycles. The summed E-state index contributed by atoms with van der Waals surface area (Å²) in [6, 6.07) is 5.83. The average molecular weight is 250 g/mol. The van der Waals surface area contributed by atoms with Crippen LogP contribution in [-0.2, 0) is 6.54 Å². The second-order valence-corrected chi connectivity index (χ2v) is 3.84. The van der Waals surface area contributed by atoms with Gasteiger partial charge in [-0.1, -0.05) is 13.0 Å². The molecule has 0 aliphatic heterocycles. The van der Waals surface area contributed by atoms with Crippen molar-refractivity contribution >= 4 is 0 Å². The molecule has 1 heterocycles. The number of oxazole rings is 1. The van der Waals surface area contributed by atoms with Crippen LogP contribution in [0.4, 0.5) is 4.39 Å². The first kappa shape index (κ1) is 12.6. The Morgan fingerprint density at radius 2 is 2.33 bits per heavy atom. The SMILES string of the molecule is CCCNCc1coc(Oc2cccc(F)c2)n1. The van der Waals surface area contributed by atoms with Crippen molar-refractivity contribution in [3.8, 4) is 11.8 Å². The van der Waals surface area contributed by atoms with Crippen LogP contribution < -0.4 is 10.1 Å². The molecule has 0 fully saturated rings. The highest BCUT2D eigenvalue weighted by atomic mass is 19.1. The Labute approximate surface area is 105 Å². The Kier molecular flexibility index (Phi) is 4.30. The Bertz CT molecular complexity index is 499. The van der Waals surface area contributed by atoms with Crippen molar-refractivity contribution in [3.63, 3.8) is 0 Å². The minimum atomic E-state index is -0.358.